The van der Waals surface area contributed by atoms with E-state index in [2.05, 4.69) is 252 Å². The second-order valence-electron chi connectivity index (χ2n) is 24.9. The Kier molecular flexibility index (Phi) is 9.65. The molecule has 0 spiro atoms. The molecule has 0 radical (unpaired) electrons. The Bertz CT molecular complexity index is 4030. The number of fused-ring (bicyclic) bond motifs is 13. The molecule has 11 aromatic rings. The van der Waals surface area contributed by atoms with Crippen molar-refractivity contribution in [2.75, 3.05) is 14.7 Å². The molecule has 2 unspecified atom stereocenters. The summed E-state index contributed by atoms with van der Waals surface area (Å²) in [6, 6.07) is 69.8. The number of nitrogens with zero attached hydrogens (tertiary/aromatic N) is 3. The van der Waals surface area contributed by atoms with Crippen LogP contribution < -0.4 is 31.1 Å². The lowest BCUT2D eigenvalue weighted by Crippen LogP contribution is -2.61. The van der Waals surface area contributed by atoms with Crippen LogP contribution in [0.15, 0.2) is 186 Å². The minimum atomic E-state index is -0.194. The van der Waals surface area contributed by atoms with Crippen molar-refractivity contribution in [1.29, 1.82) is 0 Å². The van der Waals surface area contributed by atoms with Gasteiger partial charge in [-0.15, -0.1) is 11.3 Å². The number of para-hydroxylation sites is 1. The van der Waals surface area contributed by atoms with E-state index in [1.54, 1.807) is 0 Å². The van der Waals surface area contributed by atoms with Gasteiger partial charge in [-0.25, -0.2) is 0 Å². The summed E-state index contributed by atoms with van der Waals surface area (Å²) in [5.74, 6) is 0. The fourth-order valence-corrected chi connectivity index (χ4v) is 15.4. The Morgan fingerprint density at radius 1 is 0.461 bits per heavy atom. The number of benzene rings is 9. The fourth-order valence-electron chi connectivity index (χ4n) is 14.3. The van der Waals surface area contributed by atoms with Crippen LogP contribution in [0.3, 0.4) is 0 Å². The molecule has 4 aliphatic rings. The Morgan fingerprint density at radius 3 is 1.75 bits per heavy atom. The van der Waals surface area contributed by atoms with Crippen molar-refractivity contribution < 1.29 is 4.42 Å². The van der Waals surface area contributed by atoms with Crippen LogP contribution in [0.25, 0.3) is 53.2 Å². The van der Waals surface area contributed by atoms with Gasteiger partial charge in [0.15, 0.2) is 0 Å². The molecule has 1 saturated carbocycles. The molecule has 6 heteroatoms. The average Bonchev–Trinajstić information content (AvgIpc) is 4.19. The number of thiophene rings is 1. The summed E-state index contributed by atoms with van der Waals surface area (Å²) in [5.41, 5.74) is 21.7. The van der Waals surface area contributed by atoms with Crippen molar-refractivity contribution in [2.45, 2.75) is 103 Å². The number of hydrogen-bond acceptors (Lipinski definition) is 5. The zero-order chi connectivity index (χ0) is 51.6. The number of hydrogen-bond donors (Lipinski definition) is 0. The maximum Gasteiger partial charge on any atom is 0.252 e. The van der Waals surface area contributed by atoms with Gasteiger partial charge in [0, 0.05) is 87.9 Å². The van der Waals surface area contributed by atoms with E-state index >= 15 is 0 Å². The van der Waals surface area contributed by atoms with Crippen LogP contribution >= 0.6 is 11.3 Å². The van der Waals surface area contributed by atoms with E-state index in [1.807, 2.05) is 11.3 Å². The number of rotatable bonds is 4. The van der Waals surface area contributed by atoms with Gasteiger partial charge >= 0.3 is 0 Å². The van der Waals surface area contributed by atoms with Gasteiger partial charge in [0.05, 0.1) is 5.54 Å². The number of anilines is 8. The minimum absolute atomic E-state index is 0.0302. The van der Waals surface area contributed by atoms with Gasteiger partial charge in [-0.1, -0.05) is 164 Å². The summed E-state index contributed by atoms with van der Waals surface area (Å²) in [6.45, 7) is 19.2. The van der Waals surface area contributed by atoms with Gasteiger partial charge in [-0.3, -0.25) is 0 Å². The third kappa shape index (κ3) is 6.49. The van der Waals surface area contributed by atoms with Crippen LogP contribution in [-0.2, 0) is 16.2 Å². The highest BCUT2D eigenvalue weighted by Gasteiger charge is 2.58. The molecular weight excluding hydrogens is 942 g/mol. The first kappa shape index (κ1) is 45.8. The average molecular weight is 1000 g/mol. The summed E-state index contributed by atoms with van der Waals surface area (Å²) < 4.78 is 9.38. The van der Waals surface area contributed by atoms with E-state index in [-0.39, 0.29) is 28.5 Å². The fraction of sp³-hybridized carbons (Fsp3) is 0.229. The van der Waals surface area contributed by atoms with E-state index in [4.69, 9.17) is 4.42 Å². The zero-order valence-electron chi connectivity index (χ0n) is 44.9. The lowest BCUT2D eigenvalue weighted by atomic mass is 9.33. The maximum atomic E-state index is 6.76. The van der Waals surface area contributed by atoms with Crippen LogP contribution in [0, 0.1) is 0 Å². The van der Waals surface area contributed by atoms with E-state index in [0.717, 1.165) is 40.5 Å². The summed E-state index contributed by atoms with van der Waals surface area (Å²) in [4.78, 5) is 8.06. The molecule has 15 rings (SSSR count). The number of furan rings is 1. The van der Waals surface area contributed by atoms with Crippen LogP contribution in [0.2, 0.25) is 0 Å². The molecule has 76 heavy (non-hydrogen) atoms. The van der Waals surface area contributed by atoms with Crippen molar-refractivity contribution >= 4 is 122 Å². The molecule has 0 saturated heterocycles. The molecule has 2 atom stereocenters. The Balaban J connectivity index is 1.06. The first-order chi connectivity index (χ1) is 36.7. The highest BCUT2D eigenvalue weighted by atomic mass is 32.1. The largest absolute Gasteiger partial charge is 0.456 e. The zero-order valence-corrected chi connectivity index (χ0v) is 45.7. The van der Waals surface area contributed by atoms with Crippen LogP contribution in [0.1, 0.15) is 97.8 Å². The van der Waals surface area contributed by atoms with Crippen LogP contribution in [0.5, 0.6) is 0 Å². The van der Waals surface area contributed by atoms with E-state index in [0.29, 0.717) is 0 Å². The van der Waals surface area contributed by atoms with Gasteiger partial charge in [-0.2, -0.15) is 0 Å². The van der Waals surface area contributed by atoms with Crippen molar-refractivity contribution in [3.8, 4) is 11.1 Å². The third-order valence-electron chi connectivity index (χ3n) is 18.5. The van der Waals surface area contributed by atoms with Gasteiger partial charge in [0.25, 0.3) is 6.71 Å². The monoisotopic (exact) mass is 1000 g/mol. The SMILES string of the molecule is CC(C)(C)c1ccc2c(c1)N(c1ccc3c(c1)oc1ccccc13)c1cc(N3c4ccc(-c5ccccc5)cc4C4(C)CCCCC34C)cc3c1B2c1ccc(C(C)(C)C)cc1N3c1ccc2c(c1)sc1ccccc12. The lowest BCUT2D eigenvalue weighted by molar-refractivity contribution is 0.195. The standard InChI is InChI=1S/C70H62BN3OS/c1-67(2,3)45-25-31-55-58(37-45)72(47-27-29-51-50-20-12-14-22-62(50)75-63(51)41-47)60-39-49(74-57-33-24-44(43-18-10-9-11-19-43)36-54(57)69(7)34-16-17-35-70(69,74)8)40-61-66(60)71(55)56-32-26-46(68(4,5)6)38-59(56)73(61)48-28-30-53-52-21-13-15-23-64(52)76-65(53)42-48/h9-15,18-33,36-42H,16-17,34-35H2,1-8H3. The van der Waals surface area contributed by atoms with Crippen LogP contribution in [0.4, 0.5) is 45.5 Å². The third-order valence-corrected chi connectivity index (χ3v) is 19.6. The second-order valence-corrected chi connectivity index (χ2v) is 25.9. The summed E-state index contributed by atoms with van der Waals surface area (Å²) in [5, 5.41) is 4.90. The molecule has 1 fully saturated rings. The normalized spacial score (nSPS) is 18.8. The van der Waals surface area contributed by atoms with Gasteiger partial charge < -0.3 is 19.1 Å². The lowest BCUT2D eigenvalue weighted by Gasteiger charge is -2.51. The quantitative estimate of drug-likeness (QED) is 0.164. The highest BCUT2D eigenvalue weighted by molar-refractivity contribution is 7.25. The predicted molar refractivity (Wildman–Crippen MR) is 326 cm³/mol. The minimum Gasteiger partial charge on any atom is -0.456 e. The molecule has 4 nitrogen and oxygen atoms in total. The van der Waals surface area contributed by atoms with Crippen molar-refractivity contribution in [3.05, 3.63) is 199 Å². The topological polar surface area (TPSA) is 22.9 Å². The Hall–Kier alpha value is -7.54. The van der Waals surface area contributed by atoms with E-state index in [1.165, 1.54) is 117 Å². The Labute approximate surface area is 451 Å². The van der Waals surface area contributed by atoms with Gasteiger partial charge in [0.1, 0.15) is 11.2 Å². The van der Waals surface area contributed by atoms with Crippen LogP contribution in [-0.4, -0.2) is 12.3 Å². The molecule has 3 aliphatic heterocycles. The van der Waals surface area contributed by atoms with Crippen molar-refractivity contribution in [1.82, 2.24) is 0 Å². The second kappa shape index (κ2) is 16.0. The molecule has 372 valence electrons. The summed E-state index contributed by atoms with van der Waals surface area (Å²) >= 11 is 1.90. The summed E-state index contributed by atoms with van der Waals surface area (Å²) in [6.07, 6.45) is 4.65. The molecule has 9 aromatic carbocycles. The molecule has 0 amide bonds. The smallest absolute Gasteiger partial charge is 0.252 e. The first-order valence-corrected chi connectivity index (χ1v) is 28.4. The van der Waals surface area contributed by atoms with E-state index < -0.39 is 0 Å². The molecule has 2 aromatic heterocycles. The van der Waals surface area contributed by atoms with Gasteiger partial charge in [0.2, 0.25) is 0 Å². The van der Waals surface area contributed by atoms with E-state index in [9.17, 15) is 0 Å². The first-order valence-electron chi connectivity index (χ1n) is 27.6. The molecular formula is C70H62BN3OS. The molecule has 5 heterocycles. The predicted octanol–water partition coefficient (Wildman–Crippen LogP) is 18.0. The Morgan fingerprint density at radius 2 is 1.05 bits per heavy atom. The van der Waals surface area contributed by atoms with Crippen molar-refractivity contribution in [2.24, 2.45) is 0 Å². The maximum absolute atomic E-state index is 6.76. The highest BCUT2D eigenvalue weighted by Crippen LogP contribution is 2.62. The van der Waals surface area contributed by atoms with Crippen molar-refractivity contribution in [3.63, 3.8) is 0 Å². The molecule has 0 N–H and O–H groups in total. The molecule has 1 aliphatic carbocycles. The van der Waals surface area contributed by atoms with Gasteiger partial charge in [-0.05, 0) is 148 Å². The molecule has 0 bridgehead atoms. The summed E-state index contributed by atoms with van der Waals surface area (Å²) in [7, 11) is 0.